The Hall–Kier alpha value is -1.18. The van der Waals surface area contributed by atoms with Crippen LogP contribution in [0.25, 0.3) is 11.0 Å². The second kappa shape index (κ2) is 5.43. The van der Waals surface area contributed by atoms with Crippen molar-refractivity contribution in [1.82, 2.24) is 0 Å². The largest absolute Gasteiger partial charge is 0.595 e. The summed E-state index contributed by atoms with van der Waals surface area (Å²) in [5, 5.41) is 1.96. The second-order valence-corrected chi connectivity index (χ2v) is 9.71. The SMILES string of the molecule is CC(C)(C)c1cc(C(C)(C)C)c2o[p+](=O)c3c(c2c1)CCOC3. The summed E-state index contributed by atoms with van der Waals surface area (Å²) in [4.78, 5) is 0. The first kappa shape index (κ1) is 16.7. The van der Waals surface area contributed by atoms with Crippen LogP contribution in [0.4, 0.5) is 0 Å². The summed E-state index contributed by atoms with van der Waals surface area (Å²) in [6, 6.07) is 4.46. The van der Waals surface area contributed by atoms with E-state index in [0.29, 0.717) is 13.2 Å². The lowest BCUT2D eigenvalue weighted by atomic mass is 9.79. The summed E-state index contributed by atoms with van der Waals surface area (Å²) < 4.78 is 23.9. The molecule has 2 aromatic rings. The van der Waals surface area contributed by atoms with Crippen molar-refractivity contribution in [2.45, 2.75) is 65.4 Å². The molecule has 0 bridgehead atoms. The van der Waals surface area contributed by atoms with E-state index >= 15 is 0 Å². The van der Waals surface area contributed by atoms with E-state index in [9.17, 15) is 4.57 Å². The summed E-state index contributed by atoms with van der Waals surface area (Å²) in [6.07, 6.45) is 0.809. The van der Waals surface area contributed by atoms with Crippen molar-refractivity contribution in [2.75, 3.05) is 6.61 Å². The Kier molecular flexibility index (Phi) is 3.93. The van der Waals surface area contributed by atoms with Crippen LogP contribution in [0.3, 0.4) is 0 Å². The molecule has 4 heteroatoms. The third-order valence-corrected chi connectivity index (χ3v) is 5.75. The van der Waals surface area contributed by atoms with Crippen LogP contribution < -0.4 is 0 Å². The fourth-order valence-corrected chi connectivity index (χ4v) is 4.23. The summed E-state index contributed by atoms with van der Waals surface area (Å²) in [5.41, 5.74) is 4.41. The predicted molar refractivity (Wildman–Crippen MR) is 94.6 cm³/mol. The van der Waals surface area contributed by atoms with E-state index in [1.165, 1.54) is 11.1 Å². The highest BCUT2D eigenvalue weighted by Gasteiger charge is 2.32. The Morgan fingerprint density at radius 2 is 1.74 bits per heavy atom. The second-order valence-electron chi connectivity index (χ2n) is 8.48. The van der Waals surface area contributed by atoms with Crippen LogP contribution in [0.2, 0.25) is 0 Å². The predicted octanol–water partition coefficient (Wildman–Crippen LogP) is 5.84. The number of hydrogen-bond acceptors (Lipinski definition) is 3. The van der Waals surface area contributed by atoms with Gasteiger partial charge in [0.25, 0.3) is 0 Å². The van der Waals surface area contributed by atoms with Gasteiger partial charge in [-0.05, 0) is 27.0 Å². The van der Waals surface area contributed by atoms with Crippen molar-refractivity contribution in [3.05, 3.63) is 34.1 Å². The number of hydrogen-bond donors (Lipinski definition) is 0. The third-order valence-electron chi connectivity index (χ3n) is 4.57. The zero-order valence-electron chi connectivity index (χ0n) is 14.9. The van der Waals surface area contributed by atoms with Crippen LogP contribution in [0.5, 0.6) is 0 Å². The molecule has 0 saturated carbocycles. The molecule has 0 N–H and O–H groups in total. The van der Waals surface area contributed by atoms with Crippen LogP contribution in [0, 0.1) is 0 Å². The van der Waals surface area contributed by atoms with E-state index < -0.39 is 7.65 Å². The smallest absolute Gasteiger partial charge is 0.372 e. The fourth-order valence-electron chi connectivity index (χ4n) is 3.11. The molecular weight excluding hydrogens is 307 g/mol. The lowest BCUT2D eigenvalue weighted by Crippen LogP contribution is -2.18. The molecule has 0 radical (unpaired) electrons. The standard InChI is InChI=1S/C19H26O3P/c1-18(2,3)12-9-14-13-7-8-21-11-16(13)23(20)22-17(14)15(10-12)19(4,5)6/h9-10H,7-8,11H2,1-6H3/q+1. The van der Waals surface area contributed by atoms with E-state index in [1.54, 1.807) is 0 Å². The Balaban J connectivity index is 2.46. The van der Waals surface area contributed by atoms with E-state index in [0.717, 1.165) is 28.2 Å². The normalized spacial score (nSPS) is 16.5. The minimum Gasteiger partial charge on any atom is -0.372 e. The summed E-state index contributed by atoms with van der Waals surface area (Å²) in [6.45, 7) is 14.3. The molecule has 1 aliphatic heterocycles. The number of fused-ring (bicyclic) bond motifs is 3. The first-order chi connectivity index (χ1) is 10.6. The van der Waals surface area contributed by atoms with Crippen LogP contribution >= 0.6 is 7.65 Å². The van der Waals surface area contributed by atoms with E-state index in [-0.39, 0.29) is 10.8 Å². The van der Waals surface area contributed by atoms with Gasteiger partial charge in [-0.15, -0.1) is 0 Å². The first-order valence-electron chi connectivity index (χ1n) is 8.23. The average Bonchev–Trinajstić information content (AvgIpc) is 2.44. The molecule has 2 heterocycles. The van der Waals surface area contributed by atoms with Crippen molar-refractivity contribution in [3.63, 3.8) is 0 Å². The monoisotopic (exact) mass is 333 g/mol. The fraction of sp³-hybridized carbons (Fsp3) is 0.579. The Bertz CT molecular complexity index is 820. The maximum Gasteiger partial charge on any atom is 0.595 e. The van der Waals surface area contributed by atoms with Gasteiger partial charge in [-0.25, -0.2) is 4.20 Å². The number of benzene rings is 1. The van der Waals surface area contributed by atoms with Crippen LogP contribution in [-0.4, -0.2) is 6.61 Å². The van der Waals surface area contributed by atoms with Gasteiger partial charge in [0.2, 0.25) is 5.30 Å². The van der Waals surface area contributed by atoms with Crippen molar-refractivity contribution in [2.24, 2.45) is 0 Å². The number of ether oxygens (including phenoxy) is 1. The van der Waals surface area contributed by atoms with E-state index in [1.807, 2.05) is 0 Å². The Morgan fingerprint density at radius 3 is 2.35 bits per heavy atom. The van der Waals surface area contributed by atoms with Gasteiger partial charge in [0, 0.05) is 22.9 Å². The van der Waals surface area contributed by atoms with Gasteiger partial charge < -0.3 is 4.74 Å². The van der Waals surface area contributed by atoms with Crippen LogP contribution in [-0.2, 0) is 33.2 Å². The molecule has 0 fully saturated rings. The quantitative estimate of drug-likeness (QED) is 0.608. The molecule has 0 amide bonds. The van der Waals surface area contributed by atoms with E-state index in [4.69, 9.17) is 8.93 Å². The summed E-state index contributed by atoms with van der Waals surface area (Å²) in [7, 11) is -1.83. The molecule has 0 aliphatic carbocycles. The Morgan fingerprint density at radius 1 is 1.04 bits per heavy atom. The Labute approximate surface area is 138 Å². The van der Waals surface area contributed by atoms with Crippen molar-refractivity contribution >= 4 is 18.6 Å². The average molecular weight is 333 g/mol. The molecule has 1 unspecified atom stereocenters. The summed E-state index contributed by atoms with van der Waals surface area (Å²) in [5.74, 6) is 0. The van der Waals surface area contributed by atoms with Gasteiger partial charge >= 0.3 is 7.65 Å². The highest BCUT2D eigenvalue weighted by atomic mass is 31.1. The van der Waals surface area contributed by atoms with Gasteiger partial charge in [-0.3, -0.25) is 0 Å². The lowest BCUT2D eigenvalue weighted by molar-refractivity contribution is 0.113. The molecule has 124 valence electrons. The summed E-state index contributed by atoms with van der Waals surface area (Å²) >= 11 is 0. The minimum atomic E-state index is -1.83. The molecule has 0 spiro atoms. The molecule has 0 saturated heterocycles. The number of rotatable bonds is 0. The maximum absolute atomic E-state index is 12.5. The molecule has 3 nitrogen and oxygen atoms in total. The van der Waals surface area contributed by atoms with Crippen molar-refractivity contribution < 1.29 is 13.5 Å². The maximum atomic E-state index is 12.5. The molecule has 1 aromatic carbocycles. The molecule has 23 heavy (non-hydrogen) atoms. The highest BCUT2D eigenvalue weighted by molar-refractivity contribution is 7.31. The van der Waals surface area contributed by atoms with Crippen LogP contribution in [0.1, 0.15) is 63.5 Å². The van der Waals surface area contributed by atoms with Crippen molar-refractivity contribution in [3.8, 4) is 0 Å². The van der Waals surface area contributed by atoms with Crippen molar-refractivity contribution in [1.29, 1.82) is 0 Å². The topological polar surface area (TPSA) is 39.4 Å². The molecule has 1 aromatic heterocycles. The molecule has 1 aliphatic rings. The molecular formula is C19H26O3P+. The van der Waals surface area contributed by atoms with Gasteiger partial charge in [-0.1, -0.05) is 47.6 Å². The minimum absolute atomic E-state index is 0.0561. The molecule has 3 rings (SSSR count). The van der Waals surface area contributed by atoms with E-state index in [2.05, 4.69) is 53.7 Å². The highest BCUT2D eigenvalue weighted by Crippen LogP contribution is 2.42. The van der Waals surface area contributed by atoms with Gasteiger partial charge in [0.15, 0.2) is 5.58 Å². The lowest BCUT2D eigenvalue weighted by Gasteiger charge is -2.26. The zero-order chi connectivity index (χ0) is 17.0. The van der Waals surface area contributed by atoms with Gasteiger partial charge in [0.05, 0.1) is 6.61 Å². The third kappa shape index (κ3) is 2.97. The van der Waals surface area contributed by atoms with Gasteiger partial charge in [-0.2, -0.15) is 0 Å². The van der Waals surface area contributed by atoms with Gasteiger partial charge in [0.1, 0.15) is 6.61 Å². The van der Waals surface area contributed by atoms with Crippen LogP contribution in [0.15, 0.2) is 16.3 Å². The molecule has 1 atom stereocenters. The first-order valence-corrected chi connectivity index (χ1v) is 9.41. The zero-order valence-corrected chi connectivity index (χ0v) is 15.8.